The predicted octanol–water partition coefficient (Wildman–Crippen LogP) is 5.22. The molecule has 0 unspecified atom stereocenters. The summed E-state index contributed by atoms with van der Waals surface area (Å²) in [7, 11) is 0. The molecule has 0 saturated heterocycles. The van der Waals surface area contributed by atoms with Crippen LogP contribution in [-0.2, 0) is 16.0 Å². The second-order valence-electron chi connectivity index (χ2n) is 8.51. The molecule has 2 aliphatic rings. The molecule has 4 nitrogen and oxygen atoms in total. The number of hydrogen-bond acceptors (Lipinski definition) is 3. The Hall–Kier alpha value is -2.21. The zero-order valence-corrected chi connectivity index (χ0v) is 18.1. The Kier molecular flexibility index (Phi) is 6.52. The first-order valence-electron chi connectivity index (χ1n) is 11.0. The summed E-state index contributed by atoms with van der Waals surface area (Å²) in [5, 5.41) is 5.19. The van der Waals surface area contributed by atoms with Crippen molar-refractivity contribution in [3.63, 3.8) is 0 Å². The maximum atomic E-state index is 14.2. The summed E-state index contributed by atoms with van der Waals surface area (Å²) in [6.45, 7) is 0. The SMILES string of the molecule is O=C(Cc1cccs1)N(c1cccc(F)c1)C1(C(=O)NC2CCCC2)CCCCC1. The van der Waals surface area contributed by atoms with E-state index in [0.29, 0.717) is 18.5 Å². The van der Waals surface area contributed by atoms with Gasteiger partial charge in [0.15, 0.2) is 0 Å². The van der Waals surface area contributed by atoms with Crippen LogP contribution in [0.3, 0.4) is 0 Å². The van der Waals surface area contributed by atoms with Crippen LogP contribution < -0.4 is 10.2 Å². The summed E-state index contributed by atoms with van der Waals surface area (Å²) in [6.07, 6.45) is 8.49. The van der Waals surface area contributed by atoms with E-state index in [0.717, 1.165) is 49.8 Å². The van der Waals surface area contributed by atoms with Crippen molar-refractivity contribution in [2.45, 2.75) is 75.8 Å². The van der Waals surface area contributed by atoms with Crippen LogP contribution in [0.15, 0.2) is 41.8 Å². The third kappa shape index (κ3) is 4.43. The highest BCUT2D eigenvalue weighted by molar-refractivity contribution is 7.10. The lowest BCUT2D eigenvalue weighted by Gasteiger charge is -2.45. The van der Waals surface area contributed by atoms with Gasteiger partial charge in [-0.05, 0) is 55.3 Å². The van der Waals surface area contributed by atoms with Crippen molar-refractivity contribution in [3.05, 3.63) is 52.5 Å². The largest absolute Gasteiger partial charge is 0.351 e. The van der Waals surface area contributed by atoms with Gasteiger partial charge < -0.3 is 5.32 Å². The minimum absolute atomic E-state index is 0.0714. The molecule has 2 aromatic rings. The average Bonchev–Trinajstić information content (AvgIpc) is 3.43. The third-order valence-corrected chi connectivity index (χ3v) is 7.32. The van der Waals surface area contributed by atoms with Crippen LogP contribution in [0.25, 0.3) is 0 Å². The fraction of sp³-hybridized carbons (Fsp3) is 0.500. The quantitative estimate of drug-likeness (QED) is 0.685. The van der Waals surface area contributed by atoms with E-state index >= 15 is 0 Å². The molecule has 2 saturated carbocycles. The second-order valence-corrected chi connectivity index (χ2v) is 9.54. The van der Waals surface area contributed by atoms with E-state index in [4.69, 9.17) is 0 Å². The Bertz CT molecular complexity index is 871. The molecule has 6 heteroatoms. The van der Waals surface area contributed by atoms with Crippen molar-refractivity contribution in [2.24, 2.45) is 0 Å². The average molecular weight is 429 g/mol. The molecule has 0 radical (unpaired) electrons. The van der Waals surface area contributed by atoms with Gasteiger partial charge in [0.2, 0.25) is 11.8 Å². The van der Waals surface area contributed by atoms with Crippen molar-refractivity contribution >= 4 is 28.8 Å². The molecule has 0 atom stereocenters. The Balaban J connectivity index is 1.72. The molecule has 4 rings (SSSR count). The van der Waals surface area contributed by atoms with Crippen molar-refractivity contribution in [3.8, 4) is 0 Å². The maximum absolute atomic E-state index is 14.2. The molecular formula is C24H29FN2O2S. The summed E-state index contributed by atoms with van der Waals surface area (Å²) in [4.78, 5) is 29.9. The van der Waals surface area contributed by atoms with Crippen molar-refractivity contribution < 1.29 is 14.0 Å². The standard InChI is InChI=1S/C24H29FN2O2S/c25-18-8-6-11-20(16-18)27(22(28)17-21-12-7-15-30-21)24(13-4-1-5-14-24)23(29)26-19-9-2-3-10-19/h6-8,11-12,15-16,19H,1-5,9-10,13-14,17H2,(H,26,29). The van der Waals surface area contributed by atoms with Gasteiger partial charge in [-0.2, -0.15) is 0 Å². The summed E-state index contributed by atoms with van der Waals surface area (Å²) in [6, 6.07) is 10.1. The summed E-state index contributed by atoms with van der Waals surface area (Å²) in [5.74, 6) is -0.618. The van der Waals surface area contributed by atoms with Crippen LogP contribution in [0.4, 0.5) is 10.1 Å². The van der Waals surface area contributed by atoms with Crippen LogP contribution in [0.1, 0.15) is 62.7 Å². The van der Waals surface area contributed by atoms with Crippen LogP contribution in [0.5, 0.6) is 0 Å². The van der Waals surface area contributed by atoms with E-state index < -0.39 is 11.4 Å². The van der Waals surface area contributed by atoms with E-state index in [2.05, 4.69) is 5.32 Å². The highest BCUT2D eigenvalue weighted by Gasteiger charge is 2.48. The summed E-state index contributed by atoms with van der Waals surface area (Å²) >= 11 is 1.52. The molecular weight excluding hydrogens is 399 g/mol. The first-order valence-corrected chi connectivity index (χ1v) is 11.9. The minimum Gasteiger partial charge on any atom is -0.351 e. The maximum Gasteiger partial charge on any atom is 0.246 e. The topological polar surface area (TPSA) is 49.4 Å². The number of rotatable bonds is 6. The number of hydrogen-bond donors (Lipinski definition) is 1. The van der Waals surface area contributed by atoms with Crippen LogP contribution in [0, 0.1) is 5.82 Å². The lowest BCUT2D eigenvalue weighted by molar-refractivity contribution is -0.132. The van der Waals surface area contributed by atoms with E-state index in [9.17, 15) is 14.0 Å². The zero-order valence-electron chi connectivity index (χ0n) is 17.2. The molecule has 0 aliphatic heterocycles. The van der Waals surface area contributed by atoms with Gasteiger partial charge in [0.05, 0.1) is 6.42 Å². The highest BCUT2D eigenvalue weighted by Crippen LogP contribution is 2.38. The molecule has 30 heavy (non-hydrogen) atoms. The van der Waals surface area contributed by atoms with E-state index in [1.54, 1.807) is 17.0 Å². The Morgan fingerprint density at radius 1 is 1.07 bits per heavy atom. The van der Waals surface area contributed by atoms with E-state index in [-0.39, 0.29) is 24.3 Å². The number of thiophene rings is 1. The summed E-state index contributed by atoms with van der Waals surface area (Å²) in [5.41, 5.74) is -0.483. The third-order valence-electron chi connectivity index (χ3n) is 6.44. The zero-order chi connectivity index (χ0) is 21.0. The van der Waals surface area contributed by atoms with Gasteiger partial charge in [-0.25, -0.2) is 4.39 Å². The van der Waals surface area contributed by atoms with Gasteiger partial charge in [-0.15, -0.1) is 11.3 Å². The molecule has 2 aliphatic carbocycles. The first-order chi connectivity index (χ1) is 14.6. The molecule has 1 aromatic heterocycles. The lowest BCUT2D eigenvalue weighted by atomic mass is 9.78. The van der Waals surface area contributed by atoms with Crippen LogP contribution in [-0.4, -0.2) is 23.4 Å². The van der Waals surface area contributed by atoms with E-state index in [1.807, 2.05) is 17.5 Å². The number of anilines is 1. The predicted molar refractivity (Wildman–Crippen MR) is 118 cm³/mol. The van der Waals surface area contributed by atoms with Gasteiger partial charge in [-0.1, -0.05) is 44.2 Å². The number of halogens is 1. The van der Waals surface area contributed by atoms with Crippen LogP contribution in [0.2, 0.25) is 0 Å². The van der Waals surface area contributed by atoms with E-state index in [1.165, 1.54) is 23.5 Å². The number of nitrogens with zero attached hydrogens (tertiary/aromatic N) is 1. The van der Waals surface area contributed by atoms with Crippen LogP contribution >= 0.6 is 11.3 Å². The number of carbonyl (C=O) groups is 2. The highest BCUT2D eigenvalue weighted by atomic mass is 32.1. The molecule has 0 bridgehead atoms. The number of benzene rings is 1. The molecule has 160 valence electrons. The fourth-order valence-corrected chi connectivity index (χ4v) is 5.66. The monoisotopic (exact) mass is 428 g/mol. The number of amides is 2. The van der Waals surface area contributed by atoms with Crippen molar-refractivity contribution in [1.82, 2.24) is 5.32 Å². The number of carbonyl (C=O) groups excluding carboxylic acids is 2. The van der Waals surface area contributed by atoms with Gasteiger partial charge in [-0.3, -0.25) is 14.5 Å². The molecule has 2 amide bonds. The normalized spacial score (nSPS) is 18.8. The number of nitrogens with one attached hydrogen (secondary N) is 1. The molecule has 0 spiro atoms. The van der Waals surface area contributed by atoms with Gasteiger partial charge in [0.1, 0.15) is 11.4 Å². The first kappa shape index (κ1) is 21.0. The smallest absolute Gasteiger partial charge is 0.246 e. The van der Waals surface area contributed by atoms with Crippen molar-refractivity contribution in [2.75, 3.05) is 4.90 Å². The Morgan fingerprint density at radius 3 is 2.50 bits per heavy atom. The lowest BCUT2D eigenvalue weighted by Crippen LogP contribution is -2.63. The van der Waals surface area contributed by atoms with Gasteiger partial charge in [0.25, 0.3) is 0 Å². The Labute approximate surface area is 181 Å². The fourth-order valence-electron chi connectivity index (χ4n) is 4.97. The summed E-state index contributed by atoms with van der Waals surface area (Å²) < 4.78 is 14.2. The van der Waals surface area contributed by atoms with Gasteiger partial charge >= 0.3 is 0 Å². The minimum atomic E-state index is -0.955. The molecule has 1 aromatic carbocycles. The second kappa shape index (κ2) is 9.29. The van der Waals surface area contributed by atoms with Crippen molar-refractivity contribution in [1.29, 1.82) is 0 Å². The molecule has 1 N–H and O–H groups in total. The molecule has 1 heterocycles. The Morgan fingerprint density at radius 2 is 1.83 bits per heavy atom. The van der Waals surface area contributed by atoms with Gasteiger partial charge in [0, 0.05) is 16.6 Å². The molecule has 2 fully saturated rings.